The number of halogens is 2. The van der Waals surface area contributed by atoms with Crippen LogP contribution in [-0.2, 0) is 11.3 Å². The summed E-state index contributed by atoms with van der Waals surface area (Å²) in [5, 5.41) is 6.00. The van der Waals surface area contributed by atoms with Crippen molar-refractivity contribution in [3.05, 3.63) is 67.9 Å². The Morgan fingerprint density at radius 1 is 1.30 bits per heavy atom. The molecule has 2 aromatic heterocycles. The average Bonchev–Trinajstić information content (AvgIpc) is 3.11. The lowest BCUT2D eigenvalue weighted by molar-refractivity contribution is 0.102. The van der Waals surface area contributed by atoms with Gasteiger partial charge in [0.15, 0.2) is 5.13 Å². The van der Waals surface area contributed by atoms with Gasteiger partial charge in [-0.25, -0.2) is 4.98 Å². The molecule has 3 rings (SSSR count). The van der Waals surface area contributed by atoms with Crippen LogP contribution in [0.2, 0.25) is 10.0 Å². The Morgan fingerprint density at radius 3 is 2.89 bits per heavy atom. The molecule has 0 radical (unpaired) electrons. The number of methoxy groups -OCH3 is 1. The molecule has 1 N–H and O–H groups in total. The highest BCUT2D eigenvalue weighted by Crippen LogP contribution is 2.32. The number of rotatable bonds is 6. The average molecular weight is 424 g/mol. The molecule has 1 amide bonds. The molecule has 27 heavy (non-hydrogen) atoms. The normalized spacial score (nSPS) is 10.8. The van der Waals surface area contributed by atoms with Crippen LogP contribution in [0.5, 0.6) is 0 Å². The first-order valence-electron chi connectivity index (χ1n) is 7.89. The van der Waals surface area contributed by atoms with Crippen LogP contribution in [-0.4, -0.2) is 29.2 Å². The minimum absolute atomic E-state index is 0.198. The number of nitrogens with zero attached hydrogens (tertiary/aromatic N) is 2. The predicted molar refractivity (Wildman–Crippen MR) is 108 cm³/mol. The Balaban J connectivity index is 1.78. The Hall–Kier alpha value is -2.19. The second-order valence-electron chi connectivity index (χ2n) is 5.56. The summed E-state index contributed by atoms with van der Waals surface area (Å²) in [4.78, 5) is 28.7. The van der Waals surface area contributed by atoms with Crippen LogP contribution in [0, 0.1) is 0 Å². The Bertz CT molecular complexity index is 1030. The van der Waals surface area contributed by atoms with Gasteiger partial charge in [0.1, 0.15) is 0 Å². The number of nitrogens with one attached hydrogen (secondary N) is 1. The first-order chi connectivity index (χ1) is 13.0. The van der Waals surface area contributed by atoms with Crippen LogP contribution in [0.15, 0.2) is 46.7 Å². The molecular formula is C18H15Cl2N3O3S. The summed E-state index contributed by atoms with van der Waals surface area (Å²) in [6.07, 6.45) is 1.50. The SMILES string of the molecule is COCCn1cc(C(=O)Nc2nc(-c3cc(Cl)ccc3Cl)cs2)ccc1=O. The fraction of sp³-hybridized carbons (Fsp3) is 0.167. The monoisotopic (exact) mass is 423 g/mol. The molecule has 0 aliphatic carbocycles. The van der Waals surface area contributed by atoms with Crippen LogP contribution < -0.4 is 10.9 Å². The Labute approximate surface area is 169 Å². The van der Waals surface area contributed by atoms with Crippen molar-refractivity contribution in [1.29, 1.82) is 0 Å². The van der Waals surface area contributed by atoms with E-state index in [1.165, 1.54) is 34.2 Å². The molecular weight excluding hydrogens is 409 g/mol. The van der Waals surface area contributed by atoms with E-state index < -0.39 is 0 Å². The third kappa shape index (κ3) is 4.75. The van der Waals surface area contributed by atoms with E-state index in [-0.39, 0.29) is 11.5 Å². The third-order valence-corrected chi connectivity index (χ3v) is 5.03. The number of anilines is 1. The number of carbonyl (C=O) groups is 1. The van der Waals surface area contributed by atoms with Gasteiger partial charge in [0.2, 0.25) is 0 Å². The van der Waals surface area contributed by atoms with Gasteiger partial charge >= 0.3 is 0 Å². The van der Waals surface area contributed by atoms with Crippen LogP contribution >= 0.6 is 34.5 Å². The van der Waals surface area contributed by atoms with Gasteiger partial charge in [0, 0.05) is 41.9 Å². The number of carbonyl (C=O) groups excluding carboxylic acids is 1. The summed E-state index contributed by atoms with van der Waals surface area (Å²) in [6, 6.07) is 7.93. The van der Waals surface area contributed by atoms with Crippen LogP contribution in [0.1, 0.15) is 10.4 Å². The maximum absolute atomic E-state index is 12.5. The number of pyridine rings is 1. The van der Waals surface area contributed by atoms with Crippen molar-refractivity contribution < 1.29 is 9.53 Å². The number of thiazole rings is 1. The molecule has 2 heterocycles. The summed E-state index contributed by atoms with van der Waals surface area (Å²) < 4.78 is 6.40. The van der Waals surface area contributed by atoms with Gasteiger partial charge in [-0.15, -0.1) is 11.3 Å². The number of hydrogen-bond donors (Lipinski definition) is 1. The molecule has 6 nitrogen and oxygen atoms in total. The second kappa shape index (κ2) is 8.67. The van der Waals surface area contributed by atoms with E-state index in [9.17, 15) is 9.59 Å². The summed E-state index contributed by atoms with van der Waals surface area (Å²) in [5.41, 5.74) is 1.46. The fourth-order valence-corrected chi connectivity index (χ4v) is 3.44. The summed E-state index contributed by atoms with van der Waals surface area (Å²) in [7, 11) is 1.55. The first-order valence-corrected chi connectivity index (χ1v) is 9.53. The zero-order chi connectivity index (χ0) is 19.4. The van der Waals surface area contributed by atoms with Crippen molar-refractivity contribution in [2.24, 2.45) is 0 Å². The van der Waals surface area contributed by atoms with E-state index >= 15 is 0 Å². The summed E-state index contributed by atoms with van der Waals surface area (Å²) in [5.74, 6) is -0.362. The minimum Gasteiger partial charge on any atom is -0.383 e. The zero-order valence-corrected chi connectivity index (χ0v) is 16.6. The van der Waals surface area contributed by atoms with Gasteiger partial charge < -0.3 is 9.30 Å². The fourth-order valence-electron chi connectivity index (χ4n) is 2.35. The summed E-state index contributed by atoms with van der Waals surface area (Å²) in [6.45, 7) is 0.742. The van der Waals surface area contributed by atoms with Crippen LogP contribution in [0.25, 0.3) is 11.3 Å². The molecule has 0 bridgehead atoms. The van der Waals surface area contributed by atoms with Gasteiger partial charge in [0.05, 0.1) is 22.9 Å². The molecule has 9 heteroatoms. The molecule has 0 saturated heterocycles. The van der Waals surface area contributed by atoms with Gasteiger partial charge in [-0.1, -0.05) is 23.2 Å². The standard InChI is InChI=1S/C18H15Cl2N3O3S/c1-26-7-6-23-9-11(2-5-16(23)24)17(25)22-18-21-15(10-27-18)13-8-12(19)3-4-14(13)20/h2-5,8-10H,6-7H2,1H3,(H,21,22,25). The Kier molecular flexibility index (Phi) is 6.28. The second-order valence-corrected chi connectivity index (χ2v) is 7.26. The molecule has 0 aliphatic rings. The first kappa shape index (κ1) is 19.6. The lowest BCUT2D eigenvalue weighted by atomic mass is 10.2. The highest BCUT2D eigenvalue weighted by Gasteiger charge is 2.13. The molecule has 0 atom stereocenters. The van der Waals surface area contributed by atoms with Crippen LogP contribution in [0.4, 0.5) is 5.13 Å². The number of aromatic nitrogens is 2. The van der Waals surface area contributed by atoms with E-state index in [1.54, 1.807) is 30.7 Å². The Morgan fingerprint density at radius 2 is 2.11 bits per heavy atom. The lowest BCUT2D eigenvalue weighted by Gasteiger charge is -2.07. The zero-order valence-electron chi connectivity index (χ0n) is 14.2. The van der Waals surface area contributed by atoms with Crippen molar-refractivity contribution in [2.45, 2.75) is 6.54 Å². The van der Waals surface area contributed by atoms with E-state index in [1.807, 2.05) is 0 Å². The van der Waals surface area contributed by atoms with Crippen molar-refractivity contribution in [1.82, 2.24) is 9.55 Å². The van der Waals surface area contributed by atoms with E-state index in [0.717, 1.165) is 0 Å². The van der Waals surface area contributed by atoms with E-state index in [0.29, 0.717) is 45.1 Å². The lowest BCUT2D eigenvalue weighted by Crippen LogP contribution is -2.23. The largest absolute Gasteiger partial charge is 0.383 e. The quantitative estimate of drug-likeness (QED) is 0.645. The number of benzene rings is 1. The number of ether oxygens (including phenoxy) is 1. The van der Waals surface area contributed by atoms with E-state index in [2.05, 4.69) is 10.3 Å². The highest BCUT2D eigenvalue weighted by molar-refractivity contribution is 7.14. The minimum atomic E-state index is -0.362. The molecule has 140 valence electrons. The van der Waals surface area contributed by atoms with Gasteiger partial charge in [-0.2, -0.15) is 0 Å². The van der Waals surface area contributed by atoms with E-state index in [4.69, 9.17) is 27.9 Å². The van der Waals surface area contributed by atoms with Gasteiger partial charge in [-0.05, 0) is 24.3 Å². The maximum atomic E-state index is 12.5. The topological polar surface area (TPSA) is 73.2 Å². The van der Waals surface area contributed by atoms with Crippen molar-refractivity contribution >= 4 is 45.6 Å². The molecule has 0 saturated carbocycles. The predicted octanol–water partition coefficient (Wildman–Crippen LogP) is 4.18. The van der Waals surface area contributed by atoms with Crippen molar-refractivity contribution in [3.63, 3.8) is 0 Å². The third-order valence-electron chi connectivity index (χ3n) is 3.71. The molecule has 0 spiro atoms. The van der Waals surface area contributed by atoms with Crippen LogP contribution in [0.3, 0.4) is 0 Å². The molecule has 0 fully saturated rings. The number of amides is 1. The summed E-state index contributed by atoms with van der Waals surface area (Å²) >= 11 is 13.5. The highest BCUT2D eigenvalue weighted by atomic mass is 35.5. The van der Waals surface area contributed by atoms with Gasteiger partial charge in [0.25, 0.3) is 11.5 Å². The van der Waals surface area contributed by atoms with Crippen molar-refractivity contribution in [3.8, 4) is 11.3 Å². The molecule has 0 aliphatic heterocycles. The smallest absolute Gasteiger partial charge is 0.258 e. The molecule has 0 unspecified atom stereocenters. The maximum Gasteiger partial charge on any atom is 0.258 e. The number of hydrogen-bond acceptors (Lipinski definition) is 5. The molecule has 3 aromatic rings. The molecule has 1 aromatic carbocycles. The van der Waals surface area contributed by atoms with Gasteiger partial charge in [-0.3, -0.25) is 14.9 Å². The van der Waals surface area contributed by atoms with Crippen molar-refractivity contribution in [2.75, 3.05) is 19.0 Å².